The van der Waals surface area contributed by atoms with E-state index in [1.165, 1.54) is 31.4 Å². The summed E-state index contributed by atoms with van der Waals surface area (Å²) in [5.41, 5.74) is -0.00219. The second-order valence-corrected chi connectivity index (χ2v) is 6.06. The van der Waals surface area contributed by atoms with E-state index < -0.39 is 30.0 Å². The standard InChI is InChI=1S/C17H14Cl2N2O7/c1-26-15-7-11(21(24)25)3-4-13(15)20-16(22)8-28-17(23)9-27-14-5-2-10(18)6-12(14)19/h2-7H,8-9H2,1H3,(H,20,22). The molecule has 11 heteroatoms. The molecular weight excluding hydrogens is 415 g/mol. The van der Waals surface area contributed by atoms with E-state index in [0.717, 1.165) is 6.07 Å². The van der Waals surface area contributed by atoms with Crippen molar-refractivity contribution >= 4 is 46.5 Å². The third kappa shape index (κ3) is 6.00. The highest BCUT2D eigenvalue weighted by molar-refractivity contribution is 6.35. The predicted molar refractivity (Wildman–Crippen MR) is 101 cm³/mol. The molecule has 148 valence electrons. The van der Waals surface area contributed by atoms with E-state index in [1.54, 1.807) is 6.07 Å². The lowest BCUT2D eigenvalue weighted by Gasteiger charge is -2.11. The largest absolute Gasteiger partial charge is 0.494 e. The van der Waals surface area contributed by atoms with Crippen LogP contribution in [0.4, 0.5) is 11.4 Å². The summed E-state index contributed by atoms with van der Waals surface area (Å²) in [5.74, 6) is -1.13. The fourth-order valence-corrected chi connectivity index (χ4v) is 2.46. The smallest absolute Gasteiger partial charge is 0.344 e. The normalized spacial score (nSPS) is 10.1. The number of methoxy groups -OCH3 is 1. The Bertz CT molecular complexity index is 905. The van der Waals surface area contributed by atoms with E-state index in [-0.39, 0.29) is 27.9 Å². The average molecular weight is 429 g/mol. The zero-order valence-corrected chi connectivity index (χ0v) is 16.0. The van der Waals surface area contributed by atoms with Crippen molar-refractivity contribution in [1.82, 2.24) is 0 Å². The number of hydrogen-bond donors (Lipinski definition) is 1. The van der Waals surface area contributed by atoms with Crippen LogP contribution in [0.5, 0.6) is 11.5 Å². The Labute approximate surface area is 169 Å². The molecule has 0 aliphatic rings. The minimum absolute atomic E-state index is 0.0922. The van der Waals surface area contributed by atoms with Crippen molar-refractivity contribution in [3.8, 4) is 11.5 Å². The summed E-state index contributed by atoms with van der Waals surface area (Å²) in [6.45, 7) is -1.05. The van der Waals surface area contributed by atoms with E-state index in [1.807, 2.05) is 0 Å². The number of carbonyl (C=O) groups is 2. The summed E-state index contributed by atoms with van der Waals surface area (Å²) in [4.78, 5) is 33.8. The Kier molecular flexibility index (Phi) is 7.42. The SMILES string of the molecule is COc1cc([N+](=O)[O-])ccc1NC(=O)COC(=O)COc1ccc(Cl)cc1Cl. The summed E-state index contributed by atoms with van der Waals surface area (Å²) in [7, 11) is 1.30. The summed E-state index contributed by atoms with van der Waals surface area (Å²) >= 11 is 11.7. The molecule has 0 atom stereocenters. The number of non-ortho nitro benzene ring substituents is 1. The Morgan fingerprint density at radius 3 is 2.50 bits per heavy atom. The molecule has 0 aliphatic carbocycles. The number of nitrogens with one attached hydrogen (secondary N) is 1. The average Bonchev–Trinajstić information content (AvgIpc) is 2.65. The number of benzene rings is 2. The number of nitro benzene ring substituents is 1. The molecule has 28 heavy (non-hydrogen) atoms. The molecule has 1 N–H and O–H groups in total. The topological polar surface area (TPSA) is 117 Å². The highest BCUT2D eigenvalue weighted by atomic mass is 35.5. The first kappa shape index (κ1) is 21.3. The van der Waals surface area contributed by atoms with Gasteiger partial charge in [0.05, 0.1) is 28.8 Å². The third-order valence-electron chi connectivity index (χ3n) is 3.27. The minimum atomic E-state index is -0.795. The van der Waals surface area contributed by atoms with Crippen LogP contribution in [0, 0.1) is 10.1 Å². The molecule has 1 amide bonds. The first-order valence-electron chi connectivity index (χ1n) is 7.66. The van der Waals surface area contributed by atoms with Gasteiger partial charge in [-0.2, -0.15) is 0 Å². The number of anilines is 1. The molecule has 0 saturated heterocycles. The predicted octanol–water partition coefficient (Wildman–Crippen LogP) is 3.47. The highest BCUT2D eigenvalue weighted by Gasteiger charge is 2.15. The van der Waals surface area contributed by atoms with Crippen LogP contribution >= 0.6 is 23.2 Å². The van der Waals surface area contributed by atoms with Crippen molar-refractivity contribution in [2.75, 3.05) is 25.6 Å². The van der Waals surface area contributed by atoms with Crippen molar-refractivity contribution in [2.24, 2.45) is 0 Å². The van der Waals surface area contributed by atoms with Crippen LogP contribution in [-0.4, -0.2) is 37.1 Å². The number of ether oxygens (including phenoxy) is 3. The van der Waals surface area contributed by atoms with E-state index in [2.05, 4.69) is 5.32 Å². The number of nitro groups is 1. The van der Waals surface area contributed by atoms with Crippen molar-refractivity contribution < 1.29 is 28.7 Å². The summed E-state index contributed by atoms with van der Waals surface area (Å²) in [5, 5.41) is 13.8. The molecular formula is C17H14Cl2N2O7. The van der Waals surface area contributed by atoms with Gasteiger partial charge < -0.3 is 19.5 Å². The molecule has 2 rings (SSSR count). The van der Waals surface area contributed by atoms with Crippen LogP contribution in [-0.2, 0) is 14.3 Å². The molecule has 0 aliphatic heterocycles. The maximum Gasteiger partial charge on any atom is 0.344 e. The first-order chi connectivity index (χ1) is 13.3. The molecule has 2 aromatic rings. The number of amides is 1. The van der Waals surface area contributed by atoms with E-state index >= 15 is 0 Å². The zero-order chi connectivity index (χ0) is 20.7. The molecule has 0 aromatic heterocycles. The number of nitrogens with zero attached hydrogens (tertiary/aromatic N) is 1. The maximum atomic E-state index is 11.9. The van der Waals surface area contributed by atoms with Crippen LogP contribution in [0.1, 0.15) is 0 Å². The van der Waals surface area contributed by atoms with Gasteiger partial charge in [0.1, 0.15) is 11.5 Å². The van der Waals surface area contributed by atoms with Crippen LogP contribution in [0.3, 0.4) is 0 Å². The number of halogens is 2. The Morgan fingerprint density at radius 2 is 1.86 bits per heavy atom. The third-order valence-corrected chi connectivity index (χ3v) is 3.80. The van der Waals surface area contributed by atoms with Gasteiger partial charge in [0.15, 0.2) is 13.2 Å². The second kappa shape index (κ2) is 9.77. The van der Waals surface area contributed by atoms with Gasteiger partial charge in [0, 0.05) is 11.1 Å². The van der Waals surface area contributed by atoms with E-state index in [9.17, 15) is 19.7 Å². The number of hydrogen-bond acceptors (Lipinski definition) is 7. The Hall–Kier alpha value is -3.04. The molecule has 2 aromatic carbocycles. The monoisotopic (exact) mass is 428 g/mol. The van der Waals surface area contributed by atoms with Crippen molar-refractivity contribution in [3.05, 3.63) is 56.6 Å². The molecule has 0 spiro atoms. The van der Waals surface area contributed by atoms with E-state index in [4.69, 9.17) is 37.4 Å². The van der Waals surface area contributed by atoms with Crippen molar-refractivity contribution in [3.63, 3.8) is 0 Å². The van der Waals surface area contributed by atoms with Crippen LogP contribution < -0.4 is 14.8 Å². The molecule has 0 radical (unpaired) electrons. The van der Waals surface area contributed by atoms with Gasteiger partial charge in [-0.1, -0.05) is 23.2 Å². The quantitative estimate of drug-likeness (QED) is 0.388. The maximum absolute atomic E-state index is 11.9. The number of carbonyl (C=O) groups excluding carboxylic acids is 2. The van der Waals surface area contributed by atoms with Crippen molar-refractivity contribution in [2.45, 2.75) is 0 Å². The Balaban J connectivity index is 1.85. The summed E-state index contributed by atoms with van der Waals surface area (Å²) in [6, 6.07) is 8.15. The molecule has 0 unspecified atom stereocenters. The molecule has 0 heterocycles. The second-order valence-electron chi connectivity index (χ2n) is 5.21. The summed E-state index contributed by atoms with van der Waals surface area (Å²) in [6.07, 6.45) is 0. The lowest BCUT2D eigenvalue weighted by Crippen LogP contribution is -2.24. The van der Waals surface area contributed by atoms with Gasteiger partial charge in [0.2, 0.25) is 0 Å². The van der Waals surface area contributed by atoms with Crippen LogP contribution in [0.2, 0.25) is 10.0 Å². The fraction of sp³-hybridized carbons (Fsp3) is 0.176. The summed E-state index contributed by atoms with van der Waals surface area (Å²) < 4.78 is 15.0. The van der Waals surface area contributed by atoms with Gasteiger partial charge in [-0.15, -0.1) is 0 Å². The fourth-order valence-electron chi connectivity index (χ4n) is 2.00. The van der Waals surface area contributed by atoms with Crippen LogP contribution in [0.15, 0.2) is 36.4 Å². The van der Waals surface area contributed by atoms with Gasteiger partial charge in [-0.3, -0.25) is 14.9 Å². The minimum Gasteiger partial charge on any atom is -0.494 e. The Morgan fingerprint density at radius 1 is 1.11 bits per heavy atom. The van der Waals surface area contributed by atoms with Gasteiger partial charge in [-0.05, 0) is 24.3 Å². The van der Waals surface area contributed by atoms with Gasteiger partial charge >= 0.3 is 5.97 Å². The van der Waals surface area contributed by atoms with E-state index in [0.29, 0.717) is 5.02 Å². The molecule has 0 bridgehead atoms. The van der Waals surface area contributed by atoms with Crippen molar-refractivity contribution in [1.29, 1.82) is 0 Å². The van der Waals surface area contributed by atoms with Gasteiger partial charge in [0.25, 0.3) is 11.6 Å². The first-order valence-corrected chi connectivity index (χ1v) is 8.41. The zero-order valence-electron chi connectivity index (χ0n) is 14.4. The number of rotatable bonds is 8. The molecule has 9 nitrogen and oxygen atoms in total. The van der Waals surface area contributed by atoms with Gasteiger partial charge in [-0.25, -0.2) is 4.79 Å². The lowest BCUT2D eigenvalue weighted by molar-refractivity contribution is -0.384. The van der Waals surface area contributed by atoms with Crippen LogP contribution in [0.25, 0.3) is 0 Å². The molecule has 0 fully saturated rings. The number of esters is 1. The lowest BCUT2D eigenvalue weighted by atomic mass is 10.2. The molecule has 0 saturated carbocycles. The highest BCUT2D eigenvalue weighted by Crippen LogP contribution is 2.29.